The molecule has 0 aliphatic rings. The van der Waals surface area contributed by atoms with Crippen LogP contribution in [0.25, 0.3) is 0 Å². The third-order valence-electron chi connectivity index (χ3n) is 3.64. The normalized spacial score (nSPS) is 12.3. The van der Waals surface area contributed by atoms with Gasteiger partial charge in [0.1, 0.15) is 0 Å². The number of nitrogens with one attached hydrogen (secondary N) is 2. The fraction of sp³-hybridized carbons (Fsp3) is 0.263. The van der Waals surface area contributed by atoms with Crippen LogP contribution in [0.5, 0.6) is 0 Å². The SMILES string of the molecule is CC(C)(C)c1ccccc1C(=O)NNC(=O)C(O)c1ccccc1. The number of aliphatic hydroxyl groups is 1. The number of aliphatic hydroxyl groups excluding tert-OH is 1. The van der Waals surface area contributed by atoms with Gasteiger partial charge in [-0.2, -0.15) is 0 Å². The molecular weight excluding hydrogens is 304 g/mol. The van der Waals surface area contributed by atoms with E-state index in [0.29, 0.717) is 11.1 Å². The molecule has 0 fully saturated rings. The highest BCUT2D eigenvalue weighted by Crippen LogP contribution is 2.25. The average molecular weight is 326 g/mol. The van der Waals surface area contributed by atoms with E-state index in [2.05, 4.69) is 10.9 Å². The Labute approximate surface area is 141 Å². The molecule has 0 spiro atoms. The second kappa shape index (κ2) is 7.27. The fourth-order valence-corrected chi connectivity index (χ4v) is 2.38. The summed E-state index contributed by atoms with van der Waals surface area (Å²) in [5.74, 6) is -1.11. The highest BCUT2D eigenvalue weighted by molar-refractivity contribution is 5.97. The number of carbonyl (C=O) groups excluding carboxylic acids is 2. The zero-order valence-corrected chi connectivity index (χ0v) is 14.0. The van der Waals surface area contributed by atoms with E-state index < -0.39 is 17.9 Å². The summed E-state index contributed by atoms with van der Waals surface area (Å²) in [6, 6.07) is 15.8. The number of benzene rings is 2. The lowest BCUT2D eigenvalue weighted by atomic mass is 9.83. The smallest absolute Gasteiger partial charge is 0.271 e. The summed E-state index contributed by atoms with van der Waals surface area (Å²) >= 11 is 0. The molecule has 0 saturated heterocycles. The van der Waals surface area contributed by atoms with E-state index in [0.717, 1.165) is 5.56 Å². The van der Waals surface area contributed by atoms with Crippen LogP contribution in [-0.4, -0.2) is 16.9 Å². The number of amides is 2. The lowest BCUT2D eigenvalue weighted by Gasteiger charge is -2.22. The molecule has 0 aliphatic carbocycles. The Bertz CT molecular complexity index is 721. The van der Waals surface area contributed by atoms with Crippen LogP contribution in [0, 0.1) is 0 Å². The van der Waals surface area contributed by atoms with Crippen LogP contribution >= 0.6 is 0 Å². The second-order valence-corrected chi connectivity index (χ2v) is 6.55. The van der Waals surface area contributed by atoms with Crippen LogP contribution in [0.3, 0.4) is 0 Å². The van der Waals surface area contributed by atoms with Crippen molar-refractivity contribution in [1.29, 1.82) is 0 Å². The highest BCUT2D eigenvalue weighted by atomic mass is 16.3. The second-order valence-electron chi connectivity index (χ2n) is 6.55. The van der Waals surface area contributed by atoms with Crippen molar-refractivity contribution in [3.05, 3.63) is 71.3 Å². The Balaban J connectivity index is 2.05. The number of rotatable bonds is 3. The average Bonchev–Trinajstić information content (AvgIpc) is 2.58. The molecule has 126 valence electrons. The zero-order chi connectivity index (χ0) is 17.7. The van der Waals surface area contributed by atoms with E-state index in [-0.39, 0.29) is 5.41 Å². The van der Waals surface area contributed by atoms with Crippen molar-refractivity contribution in [3.8, 4) is 0 Å². The number of hydrazine groups is 1. The van der Waals surface area contributed by atoms with Gasteiger partial charge in [0.05, 0.1) is 0 Å². The van der Waals surface area contributed by atoms with Gasteiger partial charge in [-0.15, -0.1) is 0 Å². The van der Waals surface area contributed by atoms with E-state index in [1.54, 1.807) is 42.5 Å². The molecule has 0 aliphatic heterocycles. The van der Waals surface area contributed by atoms with Gasteiger partial charge in [-0.05, 0) is 22.6 Å². The fourth-order valence-electron chi connectivity index (χ4n) is 2.38. The van der Waals surface area contributed by atoms with Crippen LogP contribution in [0.4, 0.5) is 0 Å². The molecule has 0 radical (unpaired) electrons. The Hall–Kier alpha value is -2.66. The first-order chi connectivity index (χ1) is 11.3. The summed E-state index contributed by atoms with van der Waals surface area (Å²) in [4.78, 5) is 24.4. The molecule has 2 aromatic rings. The molecule has 1 atom stereocenters. The maximum absolute atomic E-state index is 12.4. The van der Waals surface area contributed by atoms with Gasteiger partial charge in [0, 0.05) is 5.56 Å². The monoisotopic (exact) mass is 326 g/mol. The Kier molecular flexibility index (Phi) is 5.36. The zero-order valence-electron chi connectivity index (χ0n) is 14.0. The van der Waals surface area contributed by atoms with Gasteiger partial charge < -0.3 is 5.11 Å². The van der Waals surface area contributed by atoms with Crippen LogP contribution in [-0.2, 0) is 10.2 Å². The van der Waals surface area contributed by atoms with E-state index >= 15 is 0 Å². The van der Waals surface area contributed by atoms with Crippen molar-refractivity contribution in [3.63, 3.8) is 0 Å². The maximum Gasteiger partial charge on any atom is 0.271 e. The molecule has 2 amide bonds. The Morgan fingerprint density at radius 2 is 1.50 bits per heavy atom. The molecule has 0 bridgehead atoms. The third kappa shape index (κ3) is 4.20. The number of hydrogen-bond acceptors (Lipinski definition) is 3. The molecule has 3 N–H and O–H groups in total. The summed E-state index contributed by atoms with van der Waals surface area (Å²) < 4.78 is 0. The standard InChI is InChI=1S/C19H22N2O3/c1-19(2,3)15-12-8-7-11-14(15)17(23)20-21-18(24)16(22)13-9-5-4-6-10-13/h4-12,16,22H,1-3H3,(H,20,23)(H,21,24). The summed E-state index contributed by atoms with van der Waals surface area (Å²) in [5.41, 5.74) is 6.24. The van der Waals surface area contributed by atoms with Crippen LogP contribution in [0.15, 0.2) is 54.6 Å². The minimum absolute atomic E-state index is 0.207. The summed E-state index contributed by atoms with van der Waals surface area (Å²) in [7, 11) is 0. The van der Waals surface area contributed by atoms with Gasteiger partial charge >= 0.3 is 0 Å². The number of hydrogen-bond donors (Lipinski definition) is 3. The first-order valence-corrected chi connectivity index (χ1v) is 7.73. The largest absolute Gasteiger partial charge is 0.378 e. The highest BCUT2D eigenvalue weighted by Gasteiger charge is 2.22. The van der Waals surface area contributed by atoms with Crippen molar-refractivity contribution in [2.45, 2.75) is 32.3 Å². The molecule has 5 nitrogen and oxygen atoms in total. The molecule has 0 aromatic heterocycles. The molecule has 1 unspecified atom stereocenters. The lowest BCUT2D eigenvalue weighted by molar-refractivity contribution is -0.130. The van der Waals surface area contributed by atoms with E-state index in [1.165, 1.54) is 0 Å². The molecular formula is C19H22N2O3. The maximum atomic E-state index is 12.4. The van der Waals surface area contributed by atoms with Gasteiger partial charge in [-0.25, -0.2) is 0 Å². The van der Waals surface area contributed by atoms with Gasteiger partial charge in [0.25, 0.3) is 11.8 Å². The Morgan fingerprint density at radius 1 is 0.917 bits per heavy atom. The van der Waals surface area contributed by atoms with Crippen LogP contribution in [0.2, 0.25) is 0 Å². The summed E-state index contributed by atoms with van der Waals surface area (Å²) in [5, 5.41) is 9.99. The summed E-state index contributed by atoms with van der Waals surface area (Å²) in [6.45, 7) is 6.03. The van der Waals surface area contributed by atoms with E-state index in [4.69, 9.17) is 0 Å². The van der Waals surface area contributed by atoms with Crippen molar-refractivity contribution < 1.29 is 14.7 Å². The quantitative estimate of drug-likeness (QED) is 0.758. The molecule has 0 saturated carbocycles. The van der Waals surface area contributed by atoms with E-state index in [1.807, 2.05) is 32.9 Å². The molecule has 2 rings (SSSR count). The Morgan fingerprint density at radius 3 is 2.12 bits per heavy atom. The third-order valence-corrected chi connectivity index (χ3v) is 3.64. The van der Waals surface area contributed by atoms with Gasteiger partial charge in [0.15, 0.2) is 6.10 Å². The van der Waals surface area contributed by atoms with Crippen molar-refractivity contribution >= 4 is 11.8 Å². The van der Waals surface area contributed by atoms with E-state index in [9.17, 15) is 14.7 Å². The minimum Gasteiger partial charge on any atom is -0.378 e. The summed E-state index contributed by atoms with van der Waals surface area (Å²) in [6.07, 6.45) is -1.34. The lowest BCUT2D eigenvalue weighted by Crippen LogP contribution is -2.44. The first kappa shape index (κ1) is 17.7. The topological polar surface area (TPSA) is 78.4 Å². The van der Waals surface area contributed by atoms with Gasteiger partial charge in [0.2, 0.25) is 0 Å². The number of carbonyl (C=O) groups is 2. The molecule has 5 heteroatoms. The molecule has 2 aromatic carbocycles. The predicted octanol–water partition coefficient (Wildman–Crippen LogP) is 2.48. The van der Waals surface area contributed by atoms with Crippen molar-refractivity contribution in [1.82, 2.24) is 10.9 Å². The predicted molar refractivity (Wildman–Crippen MR) is 92.2 cm³/mol. The molecule has 0 heterocycles. The molecule has 24 heavy (non-hydrogen) atoms. The first-order valence-electron chi connectivity index (χ1n) is 7.73. The minimum atomic E-state index is -1.34. The van der Waals surface area contributed by atoms with Gasteiger partial charge in [-0.1, -0.05) is 69.3 Å². The van der Waals surface area contributed by atoms with Crippen molar-refractivity contribution in [2.24, 2.45) is 0 Å². The van der Waals surface area contributed by atoms with Crippen molar-refractivity contribution in [2.75, 3.05) is 0 Å². The van der Waals surface area contributed by atoms with Crippen LogP contribution in [0.1, 0.15) is 48.4 Å². The van der Waals surface area contributed by atoms with Gasteiger partial charge in [-0.3, -0.25) is 20.4 Å². The van der Waals surface area contributed by atoms with Crippen LogP contribution < -0.4 is 10.9 Å².